The van der Waals surface area contributed by atoms with E-state index in [1.54, 1.807) is 18.2 Å². The van der Waals surface area contributed by atoms with Gasteiger partial charge in [0.15, 0.2) is 23.0 Å². The second-order valence-electron chi connectivity index (χ2n) is 4.07. The Balaban J connectivity index is 2.17. The summed E-state index contributed by atoms with van der Waals surface area (Å²) in [6.45, 7) is 1.88. The summed E-state index contributed by atoms with van der Waals surface area (Å²) in [6.07, 6.45) is 0. The zero-order valence-electron chi connectivity index (χ0n) is 9.56. The lowest BCUT2D eigenvalue weighted by molar-refractivity contribution is 0.359. The van der Waals surface area contributed by atoms with Crippen LogP contribution >= 0.6 is 46.4 Å². The molecule has 0 saturated carbocycles. The first-order valence-electron chi connectivity index (χ1n) is 5.30. The Bertz CT molecular complexity index is 698. The van der Waals surface area contributed by atoms with Gasteiger partial charge in [0, 0.05) is 17.2 Å². The summed E-state index contributed by atoms with van der Waals surface area (Å²) >= 11 is 24.1. The molecule has 0 unspecified atom stereocenters. The summed E-state index contributed by atoms with van der Waals surface area (Å²) in [5, 5.41) is 1.34. The summed E-state index contributed by atoms with van der Waals surface area (Å²) in [4.78, 5) is 0. The van der Waals surface area contributed by atoms with E-state index in [0.717, 1.165) is 5.56 Å². The molecule has 0 aliphatic carbocycles. The Labute approximate surface area is 129 Å². The van der Waals surface area contributed by atoms with E-state index < -0.39 is 0 Å². The van der Waals surface area contributed by atoms with Crippen molar-refractivity contribution in [3.05, 3.63) is 43.9 Å². The lowest BCUT2D eigenvalue weighted by Crippen LogP contribution is -2.00. The van der Waals surface area contributed by atoms with Gasteiger partial charge >= 0.3 is 0 Å². The van der Waals surface area contributed by atoms with E-state index in [-0.39, 0.29) is 10.0 Å². The van der Waals surface area contributed by atoms with Crippen LogP contribution in [0.5, 0.6) is 23.0 Å². The van der Waals surface area contributed by atoms with E-state index in [1.807, 2.05) is 6.92 Å². The van der Waals surface area contributed by atoms with Crippen molar-refractivity contribution in [3.63, 3.8) is 0 Å². The smallest absolute Gasteiger partial charge is 0.190 e. The lowest BCUT2D eigenvalue weighted by Gasteiger charge is -2.23. The molecule has 1 aliphatic heterocycles. The first kappa shape index (κ1) is 13.2. The predicted octanol–water partition coefficient (Wildman–Crippen LogP) is 6.51. The molecule has 0 amide bonds. The molecule has 2 aromatic rings. The fourth-order valence-corrected chi connectivity index (χ4v) is 2.52. The first-order chi connectivity index (χ1) is 8.97. The minimum absolute atomic E-state index is 0.214. The van der Waals surface area contributed by atoms with Crippen molar-refractivity contribution in [3.8, 4) is 23.0 Å². The maximum atomic E-state index is 6.10. The Morgan fingerprint density at radius 2 is 1.37 bits per heavy atom. The van der Waals surface area contributed by atoms with E-state index >= 15 is 0 Å². The Kier molecular flexibility index (Phi) is 3.22. The van der Waals surface area contributed by atoms with Crippen LogP contribution in [0.1, 0.15) is 5.56 Å². The number of aryl methyl sites for hydroxylation is 1. The fourth-order valence-electron chi connectivity index (χ4n) is 1.75. The molecule has 2 aromatic carbocycles. The number of benzene rings is 2. The molecule has 0 spiro atoms. The molecule has 0 atom stereocenters. The number of hydrogen-bond acceptors (Lipinski definition) is 2. The standard InChI is InChI=1S/C13H6Cl4O2/c1-5-2-8-9(3-6(5)14)19-13-10(18-8)4-7(15)11(16)12(13)17/h2-4H,1H3. The second-order valence-corrected chi connectivity index (χ2v) is 5.64. The summed E-state index contributed by atoms with van der Waals surface area (Å²) in [5.41, 5.74) is 0.888. The van der Waals surface area contributed by atoms with Crippen molar-refractivity contribution < 1.29 is 9.47 Å². The van der Waals surface area contributed by atoms with Crippen LogP contribution in [0.15, 0.2) is 18.2 Å². The molecule has 1 heterocycles. The van der Waals surface area contributed by atoms with Crippen molar-refractivity contribution in [2.45, 2.75) is 6.92 Å². The molecular formula is C13H6Cl4O2. The monoisotopic (exact) mass is 334 g/mol. The SMILES string of the molecule is Cc1cc2c(cc1Cl)Oc1c(cc(Cl)c(Cl)c1Cl)O2. The van der Waals surface area contributed by atoms with Gasteiger partial charge in [0.1, 0.15) is 5.02 Å². The predicted molar refractivity (Wildman–Crippen MR) is 77.8 cm³/mol. The topological polar surface area (TPSA) is 18.5 Å². The van der Waals surface area contributed by atoms with Gasteiger partial charge in [0.05, 0.1) is 10.0 Å². The molecule has 1 aliphatic rings. The minimum atomic E-state index is 0.214. The van der Waals surface area contributed by atoms with Crippen LogP contribution < -0.4 is 9.47 Å². The average Bonchev–Trinajstić information content (AvgIpc) is 2.37. The van der Waals surface area contributed by atoms with E-state index in [2.05, 4.69) is 0 Å². The van der Waals surface area contributed by atoms with Crippen molar-refractivity contribution in [2.75, 3.05) is 0 Å². The highest BCUT2D eigenvalue weighted by atomic mass is 35.5. The largest absolute Gasteiger partial charge is 0.449 e. The summed E-state index contributed by atoms with van der Waals surface area (Å²) in [6, 6.07) is 5.03. The molecule has 2 nitrogen and oxygen atoms in total. The molecule has 98 valence electrons. The van der Waals surface area contributed by atoms with Gasteiger partial charge in [0.25, 0.3) is 0 Å². The zero-order valence-corrected chi connectivity index (χ0v) is 12.6. The Morgan fingerprint density at radius 3 is 2.11 bits per heavy atom. The van der Waals surface area contributed by atoms with Crippen LogP contribution in [0.2, 0.25) is 20.1 Å². The number of ether oxygens (including phenoxy) is 2. The second kappa shape index (κ2) is 4.64. The van der Waals surface area contributed by atoms with Gasteiger partial charge in [-0.1, -0.05) is 46.4 Å². The van der Waals surface area contributed by atoms with E-state index in [0.29, 0.717) is 33.0 Å². The molecule has 0 N–H and O–H groups in total. The minimum Gasteiger partial charge on any atom is -0.449 e. The van der Waals surface area contributed by atoms with Crippen LogP contribution in [0.3, 0.4) is 0 Å². The van der Waals surface area contributed by atoms with Crippen LogP contribution in [-0.2, 0) is 0 Å². The number of hydrogen-bond donors (Lipinski definition) is 0. The highest BCUT2D eigenvalue weighted by Gasteiger charge is 2.25. The van der Waals surface area contributed by atoms with Gasteiger partial charge in [0.2, 0.25) is 0 Å². The molecule has 19 heavy (non-hydrogen) atoms. The van der Waals surface area contributed by atoms with Crippen LogP contribution in [-0.4, -0.2) is 0 Å². The molecule has 0 fully saturated rings. The van der Waals surface area contributed by atoms with Gasteiger partial charge in [-0.05, 0) is 18.6 Å². The normalized spacial score (nSPS) is 12.3. The van der Waals surface area contributed by atoms with Crippen molar-refractivity contribution in [1.29, 1.82) is 0 Å². The quantitative estimate of drug-likeness (QED) is 0.436. The van der Waals surface area contributed by atoms with Gasteiger partial charge < -0.3 is 9.47 Å². The summed E-state index contributed by atoms with van der Waals surface area (Å²) in [5.74, 6) is 1.81. The summed E-state index contributed by atoms with van der Waals surface area (Å²) < 4.78 is 11.4. The van der Waals surface area contributed by atoms with Crippen LogP contribution in [0.4, 0.5) is 0 Å². The molecule has 6 heteroatoms. The van der Waals surface area contributed by atoms with E-state index in [9.17, 15) is 0 Å². The van der Waals surface area contributed by atoms with Gasteiger partial charge in [-0.15, -0.1) is 0 Å². The summed E-state index contributed by atoms with van der Waals surface area (Å²) in [7, 11) is 0. The third-order valence-electron chi connectivity index (χ3n) is 2.74. The third kappa shape index (κ3) is 2.13. The Hall–Kier alpha value is -0.800. The maximum Gasteiger partial charge on any atom is 0.190 e. The molecular weight excluding hydrogens is 330 g/mol. The van der Waals surface area contributed by atoms with Gasteiger partial charge in [-0.3, -0.25) is 0 Å². The number of halogens is 4. The first-order valence-corrected chi connectivity index (χ1v) is 6.82. The molecule has 0 radical (unpaired) electrons. The average molecular weight is 336 g/mol. The van der Waals surface area contributed by atoms with Crippen molar-refractivity contribution in [2.24, 2.45) is 0 Å². The van der Waals surface area contributed by atoms with Gasteiger partial charge in [-0.25, -0.2) is 0 Å². The molecule has 0 aromatic heterocycles. The number of rotatable bonds is 0. The van der Waals surface area contributed by atoms with Crippen molar-refractivity contribution in [1.82, 2.24) is 0 Å². The van der Waals surface area contributed by atoms with Crippen LogP contribution in [0.25, 0.3) is 0 Å². The highest BCUT2D eigenvalue weighted by Crippen LogP contribution is 2.53. The lowest BCUT2D eigenvalue weighted by atomic mass is 10.2. The highest BCUT2D eigenvalue weighted by molar-refractivity contribution is 6.48. The molecule has 0 bridgehead atoms. The molecule has 3 rings (SSSR count). The van der Waals surface area contributed by atoms with E-state index in [1.165, 1.54) is 0 Å². The third-order valence-corrected chi connectivity index (χ3v) is 4.39. The number of fused-ring (bicyclic) bond motifs is 2. The van der Waals surface area contributed by atoms with E-state index in [4.69, 9.17) is 55.9 Å². The fraction of sp³-hybridized carbons (Fsp3) is 0.0769. The Morgan fingerprint density at radius 1 is 0.737 bits per heavy atom. The van der Waals surface area contributed by atoms with Gasteiger partial charge in [-0.2, -0.15) is 0 Å². The molecule has 0 saturated heterocycles. The zero-order chi connectivity index (χ0) is 13.7. The van der Waals surface area contributed by atoms with Crippen LogP contribution in [0, 0.1) is 6.92 Å². The maximum absolute atomic E-state index is 6.10. The van der Waals surface area contributed by atoms with Crippen molar-refractivity contribution >= 4 is 46.4 Å².